The summed E-state index contributed by atoms with van der Waals surface area (Å²) < 4.78 is 4.65. The molecule has 1 unspecified atom stereocenters. The predicted octanol–water partition coefficient (Wildman–Crippen LogP) is 2.14. The van der Waals surface area contributed by atoms with Crippen LogP contribution in [0.2, 0.25) is 0 Å². The summed E-state index contributed by atoms with van der Waals surface area (Å²) in [4.78, 5) is 21.9. The molecule has 18 heavy (non-hydrogen) atoms. The highest BCUT2D eigenvalue weighted by Crippen LogP contribution is 2.13. The van der Waals surface area contributed by atoms with Crippen LogP contribution in [-0.4, -0.2) is 36.1 Å². The van der Waals surface area contributed by atoms with E-state index in [-0.39, 0.29) is 5.69 Å². The molecule has 0 fully saturated rings. The molecule has 0 N–H and O–H groups in total. The number of hydrogen-bond acceptors (Lipinski definition) is 5. The van der Waals surface area contributed by atoms with Crippen molar-refractivity contribution in [1.29, 1.82) is 0 Å². The van der Waals surface area contributed by atoms with Gasteiger partial charge in [-0.3, -0.25) is 4.98 Å². The fraction of sp³-hybridized carbons (Fsp3) is 0.615. The van der Waals surface area contributed by atoms with Crippen LogP contribution in [0.1, 0.15) is 37.7 Å². The molecule has 0 spiro atoms. The van der Waals surface area contributed by atoms with Crippen LogP contribution in [0.4, 0.5) is 5.82 Å². The van der Waals surface area contributed by atoms with Gasteiger partial charge in [-0.25, -0.2) is 9.78 Å². The number of esters is 1. The standard InChI is InChI=1S/C13H21N3O2/c1-5-10(3)9-16(6-2)12-8-14-7-11(15-12)13(17)18-4/h7-8,10H,5-6,9H2,1-4H3. The van der Waals surface area contributed by atoms with Crippen LogP contribution in [0, 0.1) is 5.92 Å². The molecule has 0 saturated carbocycles. The first-order valence-electron chi connectivity index (χ1n) is 6.27. The third-order valence-electron chi connectivity index (χ3n) is 2.95. The number of carbonyl (C=O) groups excluding carboxylic acids is 1. The van der Waals surface area contributed by atoms with Crippen molar-refractivity contribution in [3.05, 3.63) is 18.1 Å². The Bertz CT molecular complexity index is 396. The summed E-state index contributed by atoms with van der Waals surface area (Å²) in [6, 6.07) is 0. The second kappa shape index (κ2) is 6.93. The minimum Gasteiger partial charge on any atom is -0.464 e. The fourth-order valence-electron chi connectivity index (χ4n) is 1.60. The highest BCUT2D eigenvalue weighted by Gasteiger charge is 2.13. The molecule has 100 valence electrons. The fourth-order valence-corrected chi connectivity index (χ4v) is 1.60. The molecule has 1 heterocycles. The summed E-state index contributed by atoms with van der Waals surface area (Å²) in [5.74, 6) is 0.846. The molecule has 0 aliphatic carbocycles. The van der Waals surface area contributed by atoms with Gasteiger partial charge >= 0.3 is 5.97 Å². The topological polar surface area (TPSA) is 55.3 Å². The Hall–Kier alpha value is -1.65. The highest BCUT2D eigenvalue weighted by molar-refractivity contribution is 5.87. The number of aromatic nitrogens is 2. The Kier molecular flexibility index (Phi) is 5.55. The van der Waals surface area contributed by atoms with E-state index >= 15 is 0 Å². The molecular weight excluding hydrogens is 230 g/mol. The number of rotatable bonds is 6. The molecule has 0 aliphatic rings. The molecule has 0 saturated heterocycles. The second-order valence-electron chi connectivity index (χ2n) is 4.31. The molecule has 0 aliphatic heterocycles. The van der Waals surface area contributed by atoms with Crippen LogP contribution in [0.5, 0.6) is 0 Å². The van der Waals surface area contributed by atoms with E-state index in [1.807, 2.05) is 0 Å². The lowest BCUT2D eigenvalue weighted by Crippen LogP contribution is -2.29. The molecule has 1 aromatic rings. The van der Waals surface area contributed by atoms with Gasteiger partial charge in [-0.1, -0.05) is 20.3 Å². The van der Waals surface area contributed by atoms with Crippen molar-refractivity contribution in [2.24, 2.45) is 5.92 Å². The lowest BCUT2D eigenvalue weighted by atomic mass is 10.1. The molecule has 0 bridgehead atoms. The molecule has 1 aromatic heterocycles. The van der Waals surface area contributed by atoms with E-state index in [1.165, 1.54) is 13.3 Å². The zero-order chi connectivity index (χ0) is 13.5. The van der Waals surface area contributed by atoms with Crippen molar-refractivity contribution >= 4 is 11.8 Å². The molecule has 5 nitrogen and oxygen atoms in total. The van der Waals surface area contributed by atoms with Crippen molar-refractivity contribution in [3.8, 4) is 0 Å². The van der Waals surface area contributed by atoms with Crippen molar-refractivity contribution in [2.75, 3.05) is 25.1 Å². The number of carbonyl (C=O) groups is 1. The van der Waals surface area contributed by atoms with Gasteiger partial charge < -0.3 is 9.64 Å². The number of anilines is 1. The largest absolute Gasteiger partial charge is 0.464 e. The van der Waals surface area contributed by atoms with Crippen molar-refractivity contribution in [3.63, 3.8) is 0 Å². The Morgan fingerprint density at radius 1 is 1.44 bits per heavy atom. The van der Waals surface area contributed by atoms with Gasteiger partial charge in [-0.2, -0.15) is 0 Å². The molecular formula is C13H21N3O2. The Morgan fingerprint density at radius 2 is 2.17 bits per heavy atom. The van der Waals surface area contributed by atoms with E-state index in [1.54, 1.807) is 6.20 Å². The molecule has 0 radical (unpaired) electrons. The van der Waals surface area contributed by atoms with Gasteiger partial charge in [0.2, 0.25) is 0 Å². The smallest absolute Gasteiger partial charge is 0.358 e. The van der Waals surface area contributed by atoms with Crippen LogP contribution in [0.3, 0.4) is 0 Å². The molecule has 5 heteroatoms. The Labute approximate surface area is 108 Å². The molecule has 0 amide bonds. The number of nitrogens with zero attached hydrogens (tertiary/aromatic N) is 3. The van der Waals surface area contributed by atoms with E-state index in [0.717, 1.165) is 25.3 Å². The third kappa shape index (κ3) is 3.68. The zero-order valence-corrected chi connectivity index (χ0v) is 11.5. The first-order valence-corrected chi connectivity index (χ1v) is 6.27. The maximum atomic E-state index is 11.4. The molecule has 1 rings (SSSR count). The summed E-state index contributed by atoms with van der Waals surface area (Å²) in [5.41, 5.74) is 0.248. The van der Waals surface area contributed by atoms with Crippen LogP contribution < -0.4 is 4.90 Å². The number of methoxy groups -OCH3 is 1. The van der Waals surface area contributed by atoms with Gasteiger partial charge in [-0.15, -0.1) is 0 Å². The minimum absolute atomic E-state index is 0.248. The summed E-state index contributed by atoms with van der Waals surface area (Å²) in [6.07, 6.45) is 4.21. The molecule has 0 aromatic carbocycles. The normalized spacial score (nSPS) is 12.0. The third-order valence-corrected chi connectivity index (χ3v) is 2.95. The van der Waals surface area contributed by atoms with E-state index in [0.29, 0.717) is 5.92 Å². The maximum Gasteiger partial charge on any atom is 0.358 e. The lowest BCUT2D eigenvalue weighted by molar-refractivity contribution is 0.0593. The van der Waals surface area contributed by atoms with E-state index < -0.39 is 5.97 Å². The SMILES string of the molecule is CCC(C)CN(CC)c1cncc(C(=O)OC)n1. The van der Waals surface area contributed by atoms with Crippen molar-refractivity contribution in [1.82, 2.24) is 9.97 Å². The summed E-state index contributed by atoms with van der Waals surface area (Å²) in [6.45, 7) is 8.17. The average molecular weight is 251 g/mol. The Balaban J connectivity index is 2.89. The van der Waals surface area contributed by atoms with Crippen LogP contribution in [0.25, 0.3) is 0 Å². The first kappa shape index (κ1) is 14.4. The summed E-state index contributed by atoms with van der Waals surface area (Å²) in [5, 5.41) is 0. The Morgan fingerprint density at radius 3 is 2.72 bits per heavy atom. The minimum atomic E-state index is -0.455. The quantitative estimate of drug-likeness (QED) is 0.725. The molecule has 1 atom stereocenters. The monoisotopic (exact) mass is 251 g/mol. The lowest BCUT2D eigenvalue weighted by Gasteiger charge is -2.24. The van der Waals surface area contributed by atoms with E-state index in [9.17, 15) is 4.79 Å². The van der Waals surface area contributed by atoms with Crippen LogP contribution in [-0.2, 0) is 4.74 Å². The zero-order valence-electron chi connectivity index (χ0n) is 11.5. The predicted molar refractivity (Wildman–Crippen MR) is 70.7 cm³/mol. The maximum absolute atomic E-state index is 11.4. The van der Waals surface area contributed by atoms with Crippen LogP contribution in [0.15, 0.2) is 12.4 Å². The number of ether oxygens (including phenoxy) is 1. The second-order valence-corrected chi connectivity index (χ2v) is 4.31. The van der Waals surface area contributed by atoms with Gasteiger partial charge in [0.1, 0.15) is 5.82 Å². The van der Waals surface area contributed by atoms with Crippen molar-refractivity contribution < 1.29 is 9.53 Å². The van der Waals surface area contributed by atoms with Gasteiger partial charge in [0.15, 0.2) is 5.69 Å². The van der Waals surface area contributed by atoms with E-state index in [2.05, 4.69) is 40.4 Å². The van der Waals surface area contributed by atoms with Gasteiger partial charge in [0.05, 0.1) is 19.5 Å². The summed E-state index contributed by atoms with van der Waals surface area (Å²) in [7, 11) is 1.34. The van der Waals surface area contributed by atoms with Crippen LogP contribution >= 0.6 is 0 Å². The van der Waals surface area contributed by atoms with Gasteiger partial charge in [0, 0.05) is 13.1 Å². The number of hydrogen-bond donors (Lipinski definition) is 0. The van der Waals surface area contributed by atoms with Gasteiger partial charge in [0.25, 0.3) is 0 Å². The van der Waals surface area contributed by atoms with Gasteiger partial charge in [-0.05, 0) is 12.8 Å². The highest BCUT2D eigenvalue weighted by atomic mass is 16.5. The average Bonchev–Trinajstić information content (AvgIpc) is 2.43. The summed E-state index contributed by atoms with van der Waals surface area (Å²) >= 11 is 0. The van der Waals surface area contributed by atoms with E-state index in [4.69, 9.17) is 0 Å². The first-order chi connectivity index (χ1) is 8.62. The van der Waals surface area contributed by atoms with Crippen molar-refractivity contribution in [2.45, 2.75) is 27.2 Å².